The van der Waals surface area contributed by atoms with Crippen LogP contribution in [0.15, 0.2) is 70.3 Å². The lowest BCUT2D eigenvalue weighted by Gasteiger charge is -2.24. The summed E-state index contributed by atoms with van der Waals surface area (Å²) in [5.74, 6) is -0.716. The van der Waals surface area contributed by atoms with E-state index >= 15 is 0 Å². The van der Waals surface area contributed by atoms with Crippen LogP contribution in [0.25, 0.3) is 22.6 Å². The minimum Gasteiger partial charge on any atom is -0.465 e. The van der Waals surface area contributed by atoms with Crippen LogP contribution >= 0.6 is 0 Å². The summed E-state index contributed by atoms with van der Waals surface area (Å²) in [6.07, 6.45) is -1.12. The fraction of sp³-hybridized carbons (Fsp3) is 0.286. The van der Waals surface area contributed by atoms with Gasteiger partial charge in [-0.1, -0.05) is 24.3 Å². The van der Waals surface area contributed by atoms with Crippen LogP contribution in [0.4, 0.5) is 24.1 Å². The number of rotatable bonds is 6. The first-order valence-corrected chi connectivity index (χ1v) is 12.9. The number of alkyl halides is 2. The van der Waals surface area contributed by atoms with Crippen molar-refractivity contribution in [1.82, 2.24) is 29.8 Å². The Hall–Kier alpha value is -5.14. The molecule has 1 fully saturated rings. The van der Waals surface area contributed by atoms with E-state index in [-0.39, 0.29) is 24.9 Å². The minimum atomic E-state index is -2.83. The number of hydrogen-bond donors (Lipinski definition) is 1. The molecule has 12 nitrogen and oxygen atoms in total. The second kappa shape index (κ2) is 11.4. The summed E-state index contributed by atoms with van der Waals surface area (Å²) in [6.45, 7) is 5.88. The molecule has 1 N–H and O–H groups in total. The van der Waals surface area contributed by atoms with Gasteiger partial charge in [0.25, 0.3) is 5.89 Å². The van der Waals surface area contributed by atoms with Gasteiger partial charge in [-0.25, -0.2) is 24.4 Å². The zero-order valence-electron chi connectivity index (χ0n) is 22.9. The van der Waals surface area contributed by atoms with E-state index in [4.69, 9.17) is 9.15 Å². The molecule has 0 saturated carbocycles. The highest BCUT2D eigenvalue weighted by atomic mass is 19.3. The molecule has 3 heterocycles. The Kier molecular flexibility index (Phi) is 7.70. The van der Waals surface area contributed by atoms with E-state index in [1.54, 1.807) is 55.9 Å². The Bertz CT molecular complexity index is 1610. The molecule has 0 atom stereocenters. The zero-order chi connectivity index (χ0) is 30.0. The van der Waals surface area contributed by atoms with Crippen LogP contribution in [0.3, 0.4) is 0 Å². The summed E-state index contributed by atoms with van der Waals surface area (Å²) >= 11 is 0. The first-order valence-electron chi connectivity index (χ1n) is 12.9. The number of aliphatic imine (C=N–C) groups is 1. The molecule has 2 aromatic carbocycles. The van der Waals surface area contributed by atoms with Gasteiger partial charge in [0.05, 0.1) is 31.5 Å². The van der Waals surface area contributed by atoms with Crippen molar-refractivity contribution in [1.29, 1.82) is 0 Å². The molecule has 1 aliphatic heterocycles. The summed E-state index contributed by atoms with van der Waals surface area (Å²) in [5, 5.41) is 21.0. The number of hydrogen-bond acceptors (Lipinski definition) is 8. The standard InChI is InChI=1S/C28H27F2N7O5/c1-28(2,3)42-27(40)37-13-12-36(26(38)39)25(37)32-21-10-8-18(9-11-21)20-14-31-35(16-20)15-17-4-6-19(7-5-17)23-33-34-24(41-23)22(29)30/h4-11,14,16,22H,12-13,15H2,1-3H3,(H,38,39). The quantitative estimate of drug-likeness (QED) is 0.302. The number of carbonyl (C=O) groups is 2. The summed E-state index contributed by atoms with van der Waals surface area (Å²) in [4.78, 5) is 31.1. The molecule has 0 unspecified atom stereocenters. The highest BCUT2D eigenvalue weighted by Gasteiger charge is 2.37. The monoisotopic (exact) mass is 579 g/mol. The van der Waals surface area contributed by atoms with Crippen LogP contribution in [-0.4, -0.2) is 71.7 Å². The van der Waals surface area contributed by atoms with E-state index in [1.165, 1.54) is 4.90 Å². The Morgan fingerprint density at radius 3 is 2.29 bits per heavy atom. The molecule has 4 aromatic rings. The second-order valence-electron chi connectivity index (χ2n) is 10.4. The zero-order valence-corrected chi connectivity index (χ0v) is 22.9. The van der Waals surface area contributed by atoms with Crippen molar-refractivity contribution in [2.75, 3.05) is 13.1 Å². The third-order valence-electron chi connectivity index (χ3n) is 6.11. The summed E-state index contributed by atoms with van der Waals surface area (Å²) in [6, 6.07) is 14.2. The highest BCUT2D eigenvalue weighted by molar-refractivity contribution is 6.03. The van der Waals surface area contributed by atoms with E-state index in [0.717, 1.165) is 21.6 Å². The van der Waals surface area contributed by atoms with Crippen LogP contribution in [0.2, 0.25) is 0 Å². The number of guanidine groups is 1. The molecule has 1 saturated heterocycles. The Labute approximate surface area is 238 Å². The van der Waals surface area contributed by atoms with Crippen molar-refractivity contribution in [3.05, 3.63) is 72.4 Å². The number of carboxylic acid groups (broad SMARTS) is 1. The molecule has 0 radical (unpaired) electrons. The number of carbonyl (C=O) groups excluding carboxylic acids is 1. The third kappa shape index (κ3) is 6.43. The SMILES string of the molecule is CC(C)(C)OC(=O)N1CCN(C(=O)O)C1=Nc1ccc(-c2cnn(Cc3ccc(-c4nnc(C(F)F)o4)cc3)c2)cc1. The lowest BCUT2D eigenvalue weighted by atomic mass is 10.1. The van der Waals surface area contributed by atoms with Gasteiger partial charge >= 0.3 is 18.6 Å². The molecule has 5 rings (SSSR count). The second-order valence-corrected chi connectivity index (χ2v) is 10.4. The molecule has 1 aliphatic rings. The highest BCUT2D eigenvalue weighted by Crippen LogP contribution is 2.26. The van der Waals surface area contributed by atoms with Crippen molar-refractivity contribution in [3.8, 4) is 22.6 Å². The number of amides is 2. The van der Waals surface area contributed by atoms with Gasteiger partial charge in [0.2, 0.25) is 11.9 Å². The van der Waals surface area contributed by atoms with Crippen molar-refractivity contribution in [2.24, 2.45) is 4.99 Å². The van der Waals surface area contributed by atoms with Gasteiger partial charge in [0, 0.05) is 17.3 Å². The Balaban J connectivity index is 1.27. The van der Waals surface area contributed by atoms with Crippen molar-refractivity contribution < 1.29 is 32.6 Å². The molecular formula is C28H27F2N7O5. The smallest absolute Gasteiger partial charge is 0.417 e. The van der Waals surface area contributed by atoms with Crippen molar-refractivity contribution in [2.45, 2.75) is 39.3 Å². The number of halogens is 2. The maximum atomic E-state index is 12.7. The lowest BCUT2D eigenvalue weighted by Crippen LogP contribution is -2.42. The number of benzene rings is 2. The predicted octanol–water partition coefficient (Wildman–Crippen LogP) is 5.80. The van der Waals surface area contributed by atoms with E-state index in [2.05, 4.69) is 20.3 Å². The van der Waals surface area contributed by atoms with Gasteiger partial charge in [-0.05, 0) is 56.2 Å². The first-order chi connectivity index (χ1) is 20.0. The van der Waals surface area contributed by atoms with Gasteiger partial charge in [-0.2, -0.15) is 13.9 Å². The predicted molar refractivity (Wildman–Crippen MR) is 146 cm³/mol. The fourth-order valence-electron chi connectivity index (χ4n) is 4.16. The average molecular weight is 580 g/mol. The van der Waals surface area contributed by atoms with Crippen LogP contribution in [-0.2, 0) is 11.3 Å². The summed E-state index contributed by atoms with van der Waals surface area (Å²) in [5.41, 5.74) is 2.87. The Morgan fingerprint density at radius 1 is 1.00 bits per heavy atom. The molecule has 0 aliphatic carbocycles. The largest absolute Gasteiger partial charge is 0.465 e. The molecule has 0 spiro atoms. The van der Waals surface area contributed by atoms with Crippen LogP contribution < -0.4 is 0 Å². The van der Waals surface area contributed by atoms with Crippen molar-refractivity contribution in [3.63, 3.8) is 0 Å². The van der Waals surface area contributed by atoms with Crippen LogP contribution in [0, 0.1) is 0 Å². The van der Waals surface area contributed by atoms with Gasteiger partial charge in [0.15, 0.2) is 0 Å². The topological polar surface area (TPSA) is 139 Å². The maximum absolute atomic E-state index is 12.7. The molecule has 218 valence electrons. The number of ether oxygens (including phenoxy) is 1. The normalized spacial score (nSPS) is 14.7. The van der Waals surface area contributed by atoms with Gasteiger partial charge in [-0.15, -0.1) is 10.2 Å². The number of aromatic nitrogens is 4. The third-order valence-corrected chi connectivity index (χ3v) is 6.11. The molecule has 2 aromatic heterocycles. The van der Waals surface area contributed by atoms with E-state index in [1.807, 2.05) is 30.5 Å². The fourth-order valence-corrected chi connectivity index (χ4v) is 4.16. The van der Waals surface area contributed by atoms with Crippen LogP contribution in [0.5, 0.6) is 0 Å². The van der Waals surface area contributed by atoms with Gasteiger partial charge < -0.3 is 14.3 Å². The van der Waals surface area contributed by atoms with E-state index in [0.29, 0.717) is 17.8 Å². The lowest BCUT2D eigenvalue weighted by molar-refractivity contribution is 0.0385. The van der Waals surface area contributed by atoms with Crippen LogP contribution in [0.1, 0.15) is 38.7 Å². The van der Waals surface area contributed by atoms with Gasteiger partial charge in [-0.3, -0.25) is 4.68 Å². The van der Waals surface area contributed by atoms with E-state index in [9.17, 15) is 23.5 Å². The number of nitrogens with zero attached hydrogens (tertiary/aromatic N) is 7. The molecule has 14 heteroatoms. The van der Waals surface area contributed by atoms with E-state index < -0.39 is 30.1 Å². The maximum Gasteiger partial charge on any atom is 0.417 e. The molecular weight excluding hydrogens is 552 g/mol. The summed E-state index contributed by atoms with van der Waals surface area (Å²) < 4.78 is 37.6. The van der Waals surface area contributed by atoms with Crippen molar-refractivity contribution >= 4 is 23.8 Å². The minimum absolute atomic E-state index is 0.0168. The molecule has 0 bridgehead atoms. The Morgan fingerprint density at radius 2 is 1.67 bits per heavy atom. The summed E-state index contributed by atoms with van der Waals surface area (Å²) in [7, 11) is 0. The molecule has 2 amide bonds. The first kappa shape index (κ1) is 28.4. The van der Waals surface area contributed by atoms with Gasteiger partial charge in [0.1, 0.15) is 5.60 Å². The average Bonchev–Trinajstić information content (AvgIpc) is 3.69. The molecule has 42 heavy (non-hydrogen) atoms.